The van der Waals surface area contributed by atoms with Crippen LogP contribution in [0.15, 0.2) is 12.1 Å². The SMILES string of the molecule is O=[SH](=O)NC1c2c(ccc(F)c2F)CC1(F)F. The molecule has 8 heteroatoms. The Morgan fingerprint density at radius 2 is 1.94 bits per heavy atom. The lowest BCUT2D eigenvalue weighted by atomic mass is 10.1. The molecule has 0 fully saturated rings. The van der Waals surface area contributed by atoms with Gasteiger partial charge in [0.2, 0.25) is 10.9 Å². The van der Waals surface area contributed by atoms with Crippen LogP contribution in [0.5, 0.6) is 0 Å². The number of fused-ring (bicyclic) bond motifs is 1. The van der Waals surface area contributed by atoms with E-state index in [1.54, 1.807) is 4.72 Å². The highest BCUT2D eigenvalue weighted by molar-refractivity contribution is 7.70. The van der Waals surface area contributed by atoms with Crippen molar-refractivity contribution in [2.75, 3.05) is 0 Å². The van der Waals surface area contributed by atoms with Crippen molar-refractivity contribution >= 4 is 10.9 Å². The lowest BCUT2D eigenvalue weighted by molar-refractivity contribution is -0.0191. The second-order valence-corrected chi connectivity index (χ2v) is 4.46. The van der Waals surface area contributed by atoms with Crippen molar-refractivity contribution in [1.82, 2.24) is 4.72 Å². The van der Waals surface area contributed by atoms with Crippen LogP contribution >= 0.6 is 0 Å². The van der Waals surface area contributed by atoms with Gasteiger partial charge in [0.25, 0.3) is 5.92 Å². The molecule has 2 rings (SSSR count). The lowest BCUT2D eigenvalue weighted by Gasteiger charge is -2.18. The largest absolute Gasteiger partial charge is 0.272 e. The molecule has 1 aliphatic rings. The van der Waals surface area contributed by atoms with Crippen molar-refractivity contribution in [3.63, 3.8) is 0 Å². The highest BCUT2D eigenvalue weighted by Gasteiger charge is 2.50. The van der Waals surface area contributed by atoms with Crippen LogP contribution in [-0.2, 0) is 17.3 Å². The van der Waals surface area contributed by atoms with Crippen LogP contribution < -0.4 is 4.72 Å². The zero-order valence-corrected chi connectivity index (χ0v) is 9.11. The molecule has 3 nitrogen and oxygen atoms in total. The van der Waals surface area contributed by atoms with E-state index in [1.807, 2.05) is 0 Å². The van der Waals surface area contributed by atoms with Gasteiger partial charge in [0.1, 0.15) is 6.04 Å². The minimum Gasteiger partial charge on any atom is -0.215 e. The number of hydrogen-bond acceptors (Lipinski definition) is 2. The quantitative estimate of drug-likeness (QED) is 0.628. The number of alkyl halides is 2. The van der Waals surface area contributed by atoms with Crippen LogP contribution in [0.25, 0.3) is 0 Å². The minimum atomic E-state index is -3.47. The third-order valence-corrected chi connectivity index (χ3v) is 3.06. The zero-order valence-electron chi connectivity index (χ0n) is 8.21. The van der Waals surface area contributed by atoms with E-state index in [4.69, 9.17) is 0 Å². The summed E-state index contributed by atoms with van der Waals surface area (Å²) in [6.45, 7) is 0. The molecule has 1 aromatic carbocycles. The molecule has 1 atom stereocenters. The molecule has 0 saturated carbocycles. The summed E-state index contributed by atoms with van der Waals surface area (Å²) in [7, 11) is -3.34. The molecule has 1 N–H and O–H groups in total. The van der Waals surface area contributed by atoms with Gasteiger partial charge in [0.05, 0.1) is 0 Å². The number of benzene rings is 1. The molecule has 0 saturated heterocycles. The second-order valence-electron chi connectivity index (χ2n) is 3.69. The molecule has 94 valence electrons. The second kappa shape index (κ2) is 3.95. The first-order chi connectivity index (χ1) is 7.83. The standard InChI is InChI=1S/C9H7F4NO2S/c10-5-2-1-4-3-9(12,13)8(14-17(15)16)6(4)7(5)11/h1-2,8,17H,3H2,(H,14,15,16). The first-order valence-corrected chi connectivity index (χ1v) is 5.76. The van der Waals surface area contributed by atoms with Crippen LogP contribution in [0.1, 0.15) is 17.2 Å². The monoisotopic (exact) mass is 269 g/mol. The molecule has 0 heterocycles. The Kier molecular flexibility index (Phi) is 2.86. The first-order valence-electron chi connectivity index (χ1n) is 4.58. The fourth-order valence-electron chi connectivity index (χ4n) is 1.90. The molecule has 1 aromatic rings. The molecular weight excluding hydrogens is 262 g/mol. The molecular formula is C9H7F4NO2S. The van der Waals surface area contributed by atoms with E-state index in [0.717, 1.165) is 12.1 Å². The molecule has 0 amide bonds. The van der Waals surface area contributed by atoms with Gasteiger partial charge in [-0.25, -0.2) is 30.7 Å². The van der Waals surface area contributed by atoms with E-state index in [-0.39, 0.29) is 5.56 Å². The fourth-order valence-corrected chi connectivity index (χ4v) is 2.43. The normalized spacial score (nSPS) is 21.8. The van der Waals surface area contributed by atoms with Crippen LogP contribution in [0.4, 0.5) is 17.6 Å². The molecule has 1 aliphatic carbocycles. The maximum Gasteiger partial charge on any atom is 0.272 e. The summed E-state index contributed by atoms with van der Waals surface area (Å²) in [5, 5.41) is 0. The molecule has 0 aromatic heterocycles. The van der Waals surface area contributed by atoms with Crippen molar-refractivity contribution in [3.05, 3.63) is 34.9 Å². The third kappa shape index (κ3) is 2.02. The minimum absolute atomic E-state index is 0.0942. The van der Waals surface area contributed by atoms with Crippen molar-refractivity contribution in [2.24, 2.45) is 0 Å². The average molecular weight is 269 g/mol. The maximum atomic E-state index is 13.5. The number of thiol groups is 1. The summed E-state index contributed by atoms with van der Waals surface area (Å²) >= 11 is 0. The van der Waals surface area contributed by atoms with Gasteiger partial charge in [-0.3, -0.25) is 0 Å². The van der Waals surface area contributed by atoms with Crippen LogP contribution in [0, 0.1) is 11.6 Å². The Morgan fingerprint density at radius 1 is 1.29 bits per heavy atom. The first kappa shape index (κ1) is 12.3. The summed E-state index contributed by atoms with van der Waals surface area (Å²) in [5.74, 6) is -6.18. The van der Waals surface area contributed by atoms with E-state index in [2.05, 4.69) is 0 Å². The molecule has 0 bridgehead atoms. The number of rotatable bonds is 2. The highest BCUT2D eigenvalue weighted by atomic mass is 32.2. The van der Waals surface area contributed by atoms with Gasteiger partial charge < -0.3 is 0 Å². The van der Waals surface area contributed by atoms with E-state index >= 15 is 0 Å². The molecule has 0 spiro atoms. The number of halogens is 4. The number of hydrogen-bond donors (Lipinski definition) is 2. The van der Waals surface area contributed by atoms with Gasteiger partial charge in [0.15, 0.2) is 11.6 Å². The molecule has 17 heavy (non-hydrogen) atoms. The average Bonchev–Trinajstić information content (AvgIpc) is 2.45. The smallest absolute Gasteiger partial charge is 0.215 e. The van der Waals surface area contributed by atoms with Gasteiger partial charge >= 0.3 is 0 Å². The van der Waals surface area contributed by atoms with Crippen molar-refractivity contribution < 1.29 is 26.0 Å². The molecule has 0 aliphatic heterocycles. The van der Waals surface area contributed by atoms with Gasteiger partial charge in [-0.15, -0.1) is 0 Å². The van der Waals surface area contributed by atoms with Crippen LogP contribution in [-0.4, -0.2) is 14.3 Å². The van der Waals surface area contributed by atoms with Crippen LogP contribution in [0.2, 0.25) is 0 Å². The van der Waals surface area contributed by atoms with E-state index < -0.39 is 46.5 Å². The van der Waals surface area contributed by atoms with E-state index in [0.29, 0.717) is 0 Å². The molecule has 0 radical (unpaired) electrons. The van der Waals surface area contributed by atoms with Crippen molar-refractivity contribution in [3.8, 4) is 0 Å². The lowest BCUT2D eigenvalue weighted by Crippen LogP contribution is -2.33. The predicted molar refractivity (Wildman–Crippen MR) is 51.2 cm³/mol. The van der Waals surface area contributed by atoms with Gasteiger partial charge in [0, 0.05) is 12.0 Å². The van der Waals surface area contributed by atoms with Crippen molar-refractivity contribution in [1.29, 1.82) is 0 Å². The summed E-state index contributed by atoms with van der Waals surface area (Å²) in [4.78, 5) is 0. The Hall–Kier alpha value is -1.15. The Morgan fingerprint density at radius 3 is 2.53 bits per heavy atom. The Labute approximate surface area is 95.5 Å². The van der Waals surface area contributed by atoms with E-state index in [9.17, 15) is 26.0 Å². The number of nitrogens with one attached hydrogen (secondary N) is 1. The van der Waals surface area contributed by atoms with Gasteiger partial charge in [-0.2, -0.15) is 0 Å². The summed E-state index contributed by atoms with van der Waals surface area (Å²) < 4.78 is 75.7. The summed E-state index contributed by atoms with van der Waals surface area (Å²) in [6, 6.07) is -0.278. The van der Waals surface area contributed by atoms with Gasteiger partial charge in [-0.1, -0.05) is 6.07 Å². The third-order valence-electron chi connectivity index (χ3n) is 2.59. The van der Waals surface area contributed by atoms with E-state index in [1.165, 1.54) is 0 Å². The topological polar surface area (TPSA) is 46.2 Å². The van der Waals surface area contributed by atoms with Gasteiger partial charge in [-0.05, 0) is 11.6 Å². The van der Waals surface area contributed by atoms with Crippen molar-refractivity contribution in [2.45, 2.75) is 18.4 Å². The Balaban J connectivity index is 2.57. The summed E-state index contributed by atoms with van der Waals surface area (Å²) in [6.07, 6.45) is -0.819. The maximum absolute atomic E-state index is 13.5. The highest BCUT2D eigenvalue weighted by Crippen LogP contribution is 2.44. The molecule has 1 unspecified atom stereocenters. The van der Waals surface area contributed by atoms with Crippen LogP contribution in [0.3, 0.4) is 0 Å². The fraction of sp³-hybridized carbons (Fsp3) is 0.333. The zero-order chi connectivity index (χ0) is 12.8. The predicted octanol–water partition coefficient (Wildman–Crippen LogP) is 1.31. The Bertz CT molecular complexity index is 536. The summed E-state index contributed by atoms with van der Waals surface area (Å²) in [5.41, 5.74) is -0.711.